The average Bonchev–Trinajstić information content (AvgIpc) is 2.29. The molecule has 0 amide bonds. The Morgan fingerprint density at radius 2 is 2.12 bits per heavy atom. The summed E-state index contributed by atoms with van der Waals surface area (Å²) in [4.78, 5) is 2.60. The third-order valence-corrected chi connectivity index (χ3v) is 2.06. The van der Waals surface area contributed by atoms with E-state index < -0.39 is 6.10 Å². The van der Waals surface area contributed by atoms with Gasteiger partial charge in [0.05, 0.1) is 19.3 Å². The first kappa shape index (κ1) is 12.4. The van der Waals surface area contributed by atoms with Gasteiger partial charge in [0, 0.05) is 4.91 Å². The third kappa shape index (κ3) is 4.21. The van der Waals surface area contributed by atoms with Crippen LogP contribution < -0.4 is 4.74 Å². The summed E-state index contributed by atoms with van der Waals surface area (Å²) in [5, 5.41) is 12.8. The quantitative estimate of drug-likeness (QED) is 0.454. The van der Waals surface area contributed by atoms with Gasteiger partial charge < -0.3 is 9.84 Å². The van der Waals surface area contributed by atoms with Gasteiger partial charge in [0.15, 0.2) is 0 Å². The Balaban J connectivity index is 2.50. The van der Waals surface area contributed by atoms with Gasteiger partial charge in [-0.05, 0) is 36.6 Å². The van der Waals surface area contributed by atoms with E-state index in [1.165, 1.54) is 0 Å². The lowest BCUT2D eigenvalue weighted by atomic mass is 10.1. The zero-order valence-electron chi connectivity index (χ0n) is 9.21. The Morgan fingerprint density at radius 1 is 1.44 bits per heavy atom. The van der Waals surface area contributed by atoms with Crippen molar-refractivity contribution in [2.75, 3.05) is 13.2 Å². The first-order chi connectivity index (χ1) is 7.76. The Labute approximate surface area is 94.3 Å². The van der Waals surface area contributed by atoms with Gasteiger partial charge in [-0.2, -0.15) is 0 Å². The molecule has 0 aromatic heterocycles. The fourth-order valence-corrected chi connectivity index (χ4v) is 1.36. The molecule has 0 aliphatic rings. The Morgan fingerprint density at radius 3 is 2.69 bits per heavy atom. The van der Waals surface area contributed by atoms with Gasteiger partial charge in [-0.3, -0.25) is 0 Å². The maximum atomic E-state index is 9.51. The van der Waals surface area contributed by atoms with Crippen molar-refractivity contribution in [1.82, 2.24) is 0 Å². The molecule has 0 saturated heterocycles. The molecule has 0 saturated carbocycles. The highest BCUT2D eigenvalue weighted by Crippen LogP contribution is 2.13. The van der Waals surface area contributed by atoms with Gasteiger partial charge >= 0.3 is 0 Å². The number of azide groups is 1. The maximum absolute atomic E-state index is 9.51. The van der Waals surface area contributed by atoms with Crippen molar-refractivity contribution in [1.29, 1.82) is 0 Å². The van der Waals surface area contributed by atoms with Gasteiger partial charge in [0.2, 0.25) is 0 Å². The van der Waals surface area contributed by atoms with Gasteiger partial charge in [-0.25, -0.2) is 0 Å². The minimum Gasteiger partial charge on any atom is -0.494 e. The van der Waals surface area contributed by atoms with Crippen molar-refractivity contribution in [3.05, 3.63) is 40.3 Å². The first-order valence-electron chi connectivity index (χ1n) is 5.17. The Kier molecular flexibility index (Phi) is 5.19. The van der Waals surface area contributed by atoms with E-state index in [9.17, 15) is 5.11 Å². The van der Waals surface area contributed by atoms with Crippen molar-refractivity contribution >= 4 is 0 Å². The number of aliphatic hydroxyl groups is 1. The van der Waals surface area contributed by atoms with Crippen LogP contribution in [0, 0.1) is 0 Å². The number of rotatable bonds is 6. The topological polar surface area (TPSA) is 78.2 Å². The van der Waals surface area contributed by atoms with E-state index >= 15 is 0 Å². The number of hydrogen-bond acceptors (Lipinski definition) is 3. The van der Waals surface area contributed by atoms with Crippen LogP contribution in [0.2, 0.25) is 0 Å². The summed E-state index contributed by atoms with van der Waals surface area (Å²) in [7, 11) is 0. The van der Waals surface area contributed by atoms with E-state index in [2.05, 4.69) is 10.0 Å². The Hall–Kier alpha value is -1.71. The van der Waals surface area contributed by atoms with Crippen molar-refractivity contribution < 1.29 is 9.84 Å². The molecule has 0 aliphatic heterocycles. The largest absolute Gasteiger partial charge is 0.494 e. The SMILES string of the molecule is CCOc1ccc(C[C@@H](O)CN=[N+]=[N-])cc1. The highest BCUT2D eigenvalue weighted by atomic mass is 16.5. The summed E-state index contributed by atoms with van der Waals surface area (Å²) < 4.78 is 5.30. The van der Waals surface area contributed by atoms with Crippen LogP contribution in [0.3, 0.4) is 0 Å². The number of aliphatic hydroxyl groups excluding tert-OH is 1. The predicted molar refractivity (Wildman–Crippen MR) is 61.3 cm³/mol. The molecular formula is C11H15N3O2. The molecule has 0 heterocycles. The molecule has 1 atom stereocenters. The van der Waals surface area contributed by atoms with E-state index in [-0.39, 0.29) is 6.54 Å². The average molecular weight is 221 g/mol. The van der Waals surface area contributed by atoms with Crippen LogP contribution in [0.25, 0.3) is 10.4 Å². The second kappa shape index (κ2) is 6.71. The molecule has 1 N–H and O–H groups in total. The summed E-state index contributed by atoms with van der Waals surface area (Å²) in [6.45, 7) is 2.67. The molecule has 0 unspecified atom stereocenters. The molecule has 86 valence electrons. The number of ether oxygens (including phenoxy) is 1. The molecule has 0 radical (unpaired) electrons. The van der Waals surface area contributed by atoms with E-state index in [0.29, 0.717) is 13.0 Å². The van der Waals surface area contributed by atoms with Crippen LogP contribution in [0.4, 0.5) is 0 Å². The van der Waals surface area contributed by atoms with Crippen molar-refractivity contribution in [3.8, 4) is 5.75 Å². The highest BCUT2D eigenvalue weighted by Gasteiger charge is 2.04. The third-order valence-electron chi connectivity index (χ3n) is 2.06. The summed E-state index contributed by atoms with van der Waals surface area (Å²) in [5.74, 6) is 0.816. The van der Waals surface area contributed by atoms with Gasteiger partial charge in [0.1, 0.15) is 5.75 Å². The fourth-order valence-electron chi connectivity index (χ4n) is 1.36. The molecule has 16 heavy (non-hydrogen) atoms. The van der Waals surface area contributed by atoms with Crippen LogP contribution >= 0.6 is 0 Å². The van der Waals surface area contributed by atoms with Crippen LogP contribution in [-0.2, 0) is 6.42 Å². The second-order valence-corrected chi connectivity index (χ2v) is 3.35. The number of hydrogen-bond donors (Lipinski definition) is 1. The summed E-state index contributed by atoms with van der Waals surface area (Å²) in [6.07, 6.45) is -0.153. The summed E-state index contributed by atoms with van der Waals surface area (Å²) in [5.41, 5.74) is 9.10. The zero-order chi connectivity index (χ0) is 11.8. The van der Waals surface area contributed by atoms with Gasteiger partial charge in [-0.1, -0.05) is 17.2 Å². The number of benzene rings is 1. The molecule has 5 heteroatoms. The summed E-state index contributed by atoms with van der Waals surface area (Å²) in [6, 6.07) is 7.51. The van der Waals surface area contributed by atoms with Crippen molar-refractivity contribution in [2.24, 2.45) is 5.11 Å². The molecule has 0 aliphatic carbocycles. The van der Waals surface area contributed by atoms with Gasteiger partial charge in [-0.15, -0.1) is 0 Å². The number of nitrogens with zero attached hydrogens (tertiary/aromatic N) is 3. The van der Waals surface area contributed by atoms with E-state index in [1.807, 2.05) is 31.2 Å². The lowest BCUT2D eigenvalue weighted by Crippen LogP contribution is -2.13. The Bertz CT molecular complexity index is 358. The monoisotopic (exact) mass is 221 g/mol. The van der Waals surface area contributed by atoms with Crippen LogP contribution in [-0.4, -0.2) is 24.4 Å². The minimum absolute atomic E-state index is 0.101. The fraction of sp³-hybridized carbons (Fsp3) is 0.455. The highest BCUT2D eigenvalue weighted by molar-refractivity contribution is 5.27. The smallest absolute Gasteiger partial charge is 0.119 e. The zero-order valence-corrected chi connectivity index (χ0v) is 9.21. The molecule has 1 aromatic carbocycles. The maximum Gasteiger partial charge on any atom is 0.119 e. The molecule has 0 bridgehead atoms. The molecule has 0 fully saturated rings. The van der Waals surface area contributed by atoms with E-state index in [4.69, 9.17) is 10.3 Å². The van der Waals surface area contributed by atoms with E-state index in [1.54, 1.807) is 0 Å². The molecule has 1 rings (SSSR count). The van der Waals surface area contributed by atoms with Crippen molar-refractivity contribution in [3.63, 3.8) is 0 Å². The molecule has 0 spiro atoms. The van der Waals surface area contributed by atoms with E-state index in [0.717, 1.165) is 11.3 Å². The first-order valence-corrected chi connectivity index (χ1v) is 5.17. The molecule has 5 nitrogen and oxygen atoms in total. The lowest BCUT2D eigenvalue weighted by Gasteiger charge is -2.08. The van der Waals surface area contributed by atoms with Crippen LogP contribution in [0.1, 0.15) is 12.5 Å². The molecular weight excluding hydrogens is 206 g/mol. The normalized spacial score (nSPS) is 11.6. The molecule has 1 aromatic rings. The lowest BCUT2D eigenvalue weighted by molar-refractivity contribution is 0.183. The van der Waals surface area contributed by atoms with Crippen LogP contribution in [0.15, 0.2) is 29.4 Å². The minimum atomic E-state index is -0.631. The summed E-state index contributed by atoms with van der Waals surface area (Å²) >= 11 is 0. The standard InChI is InChI=1S/C11H15N3O2/c1-2-16-11-5-3-9(4-6-11)7-10(15)8-13-14-12/h3-6,10,15H,2,7-8H2,1H3/t10-/m1/s1. The second-order valence-electron chi connectivity index (χ2n) is 3.35. The van der Waals surface area contributed by atoms with Crippen LogP contribution in [0.5, 0.6) is 5.75 Å². The predicted octanol–water partition coefficient (Wildman–Crippen LogP) is 2.30. The van der Waals surface area contributed by atoms with Gasteiger partial charge in [0.25, 0.3) is 0 Å². The van der Waals surface area contributed by atoms with Crippen molar-refractivity contribution in [2.45, 2.75) is 19.4 Å².